The van der Waals surface area contributed by atoms with Crippen LogP contribution in [0.1, 0.15) is 22.6 Å². The van der Waals surface area contributed by atoms with Crippen molar-refractivity contribution in [2.45, 2.75) is 18.9 Å². The Morgan fingerprint density at radius 1 is 1.12 bits per heavy atom. The van der Waals surface area contributed by atoms with Crippen molar-refractivity contribution in [1.29, 1.82) is 0 Å². The quantitative estimate of drug-likeness (QED) is 0.885. The highest BCUT2D eigenvalue weighted by molar-refractivity contribution is 5.67. The van der Waals surface area contributed by atoms with Gasteiger partial charge in [-0.15, -0.1) is 0 Å². The van der Waals surface area contributed by atoms with Gasteiger partial charge in [-0.2, -0.15) is 0 Å². The summed E-state index contributed by atoms with van der Waals surface area (Å²) in [5.74, 6) is 1.74. The van der Waals surface area contributed by atoms with Crippen LogP contribution in [0.25, 0.3) is 0 Å². The van der Waals surface area contributed by atoms with Crippen molar-refractivity contribution in [3.63, 3.8) is 0 Å². The normalized spacial score (nSPS) is 15.0. The number of amides is 1. The van der Waals surface area contributed by atoms with E-state index in [0.29, 0.717) is 12.3 Å². The van der Waals surface area contributed by atoms with Gasteiger partial charge < -0.3 is 19.5 Å². The summed E-state index contributed by atoms with van der Waals surface area (Å²) in [5, 5.41) is 2.83. The summed E-state index contributed by atoms with van der Waals surface area (Å²) >= 11 is 0. The van der Waals surface area contributed by atoms with E-state index in [1.54, 1.807) is 14.2 Å². The molecule has 0 aromatic heterocycles. The van der Waals surface area contributed by atoms with E-state index in [4.69, 9.17) is 14.2 Å². The maximum atomic E-state index is 11.8. The van der Waals surface area contributed by atoms with Crippen LogP contribution in [0.15, 0.2) is 42.5 Å². The third-order valence-corrected chi connectivity index (χ3v) is 4.26. The zero-order valence-electron chi connectivity index (χ0n) is 13.9. The number of methoxy groups -OCH3 is 2. The number of hydrogen-bond donors (Lipinski definition) is 1. The number of carbonyl (C=O) groups excluding carboxylic acids is 1. The van der Waals surface area contributed by atoms with Gasteiger partial charge in [-0.05, 0) is 35.2 Å². The maximum Gasteiger partial charge on any atom is 0.407 e. The van der Waals surface area contributed by atoms with Gasteiger partial charge in [0.15, 0.2) is 11.5 Å². The zero-order valence-corrected chi connectivity index (χ0v) is 13.9. The molecular weight excluding hydrogens is 306 g/mol. The van der Waals surface area contributed by atoms with Crippen LogP contribution in [0.4, 0.5) is 4.79 Å². The highest BCUT2D eigenvalue weighted by Crippen LogP contribution is 2.41. The Hall–Kier alpha value is -2.69. The number of hydrogen-bond acceptors (Lipinski definition) is 4. The first-order chi connectivity index (χ1) is 11.7. The van der Waals surface area contributed by atoms with Crippen molar-refractivity contribution >= 4 is 6.09 Å². The van der Waals surface area contributed by atoms with Gasteiger partial charge in [0.2, 0.25) is 0 Å². The van der Waals surface area contributed by atoms with Gasteiger partial charge in [-0.3, -0.25) is 0 Å². The van der Waals surface area contributed by atoms with E-state index in [-0.39, 0.29) is 12.5 Å². The minimum Gasteiger partial charge on any atom is -0.493 e. The van der Waals surface area contributed by atoms with E-state index in [1.807, 2.05) is 42.5 Å². The SMILES string of the molecule is COc1cc2c(cc1OC)[C@@H](CNC(=O)OCc1ccccc1)C2. The third-order valence-electron chi connectivity index (χ3n) is 4.26. The van der Waals surface area contributed by atoms with Crippen LogP contribution in [0.3, 0.4) is 0 Å². The smallest absolute Gasteiger partial charge is 0.407 e. The van der Waals surface area contributed by atoms with Crippen LogP contribution in [0.5, 0.6) is 11.5 Å². The van der Waals surface area contributed by atoms with Crippen LogP contribution in [0, 0.1) is 0 Å². The summed E-state index contributed by atoms with van der Waals surface area (Å²) in [4.78, 5) is 11.8. The fourth-order valence-corrected chi connectivity index (χ4v) is 2.90. The summed E-state index contributed by atoms with van der Waals surface area (Å²) in [6, 6.07) is 13.6. The molecule has 0 saturated carbocycles. The highest BCUT2D eigenvalue weighted by Gasteiger charge is 2.28. The predicted octanol–water partition coefficient (Wildman–Crippen LogP) is 3.27. The van der Waals surface area contributed by atoms with Gasteiger partial charge in [-0.25, -0.2) is 4.79 Å². The Morgan fingerprint density at radius 2 is 1.83 bits per heavy atom. The molecule has 1 aliphatic carbocycles. The first-order valence-corrected chi connectivity index (χ1v) is 7.90. The molecule has 0 saturated heterocycles. The van der Waals surface area contributed by atoms with E-state index in [2.05, 4.69) is 5.32 Å². The van der Waals surface area contributed by atoms with Crippen molar-refractivity contribution < 1.29 is 19.0 Å². The second-order valence-electron chi connectivity index (χ2n) is 5.75. The van der Waals surface area contributed by atoms with Crippen LogP contribution in [-0.4, -0.2) is 26.9 Å². The Balaban J connectivity index is 1.50. The largest absolute Gasteiger partial charge is 0.493 e. The Kier molecular flexibility index (Phi) is 4.89. The molecule has 0 spiro atoms. The van der Waals surface area contributed by atoms with Gasteiger partial charge >= 0.3 is 6.09 Å². The van der Waals surface area contributed by atoms with Crippen molar-refractivity contribution in [2.75, 3.05) is 20.8 Å². The molecule has 126 valence electrons. The second-order valence-corrected chi connectivity index (χ2v) is 5.75. The fourth-order valence-electron chi connectivity index (χ4n) is 2.90. The Labute approximate surface area is 141 Å². The van der Waals surface area contributed by atoms with Crippen molar-refractivity contribution in [2.24, 2.45) is 0 Å². The molecule has 1 amide bonds. The number of benzene rings is 2. The summed E-state index contributed by atoms with van der Waals surface area (Å²) in [6.07, 6.45) is 0.516. The van der Waals surface area contributed by atoms with E-state index >= 15 is 0 Å². The second kappa shape index (κ2) is 7.25. The maximum absolute atomic E-state index is 11.8. The number of fused-ring (bicyclic) bond motifs is 1. The summed E-state index contributed by atoms with van der Waals surface area (Å²) in [5.41, 5.74) is 3.39. The third kappa shape index (κ3) is 3.45. The molecule has 0 heterocycles. The lowest BCUT2D eigenvalue weighted by Gasteiger charge is -2.31. The number of alkyl carbamates (subject to hydrolysis) is 1. The minimum atomic E-state index is -0.396. The Bertz CT molecular complexity index is 715. The highest BCUT2D eigenvalue weighted by atomic mass is 16.5. The number of ether oxygens (including phenoxy) is 3. The van der Waals surface area contributed by atoms with Gasteiger partial charge in [0.1, 0.15) is 6.61 Å². The molecule has 5 heteroatoms. The van der Waals surface area contributed by atoms with E-state index in [0.717, 1.165) is 17.7 Å². The summed E-state index contributed by atoms with van der Waals surface area (Å²) in [7, 11) is 3.25. The first-order valence-electron chi connectivity index (χ1n) is 7.90. The molecule has 3 rings (SSSR count). The van der Waals surface area contributed by atoms with Gasteiger partial charge in [0, 0.05) is 12.5 Å². The van der Waals surface area contributed by atoms with Crippen molar-refractivity contribution in [3.8, 4) is 11.5 Å². The lowest BCUT2D eigenvalue weighted by molar-refractivity contribution is 0.138. The first kappa shape index (κ1) is 16.2. The Morgan fingerprint density at radius 3 is 2.54 bits per heavy atom. The average Bonchev–Trinajstić information content (AvgIpc) is 2.61. The van der Waals surface area contributed by atoms with E-state index in [1.165, 1.54) is 11.1 Å². The molecule has 0 aliphatic heterocycles. The number of rotatable bonds is 6. The van der Waals surface area contributed by atoms with Crippen molar-refractivity contribution in [3.05, 3.63) is 59.2 Å². The molecule has 0 unspecified atom stereocenters. The monoisotopic (exact) mass is 327 g/mol. The van der Waals surface area contributed by atoms with Gasteiger partial charge in [0.25, 0.3) is 0 Å². The zero-order chi connectivity index (χ0) is 16.9. The molecule has 1 aliphatic rings. The topological polar surface area (TPSA) is 56.8 Å². The molecule has 0 radical (unpaired) electrons. The summed E-state index contributed by atoms with van der Waals surface area (Å²) in [6.45, 7) is 0.828. The molecule has 5 nitrogen and oxygen atoms in total. The van der Waals surface area contributed by atoms with Crippen LogP contribution < -0.4 is 14.8 Å². The molecule has 1 N–H and O–H groups in total. The molecule has 1 atom stereocenters. The van der Waals surface area contributed by atoms with Crippen molar-refractivity contribution in [1.82, 2.24) is 5.32 Å². The molecule has 0 fully saturated rings. The molecule has 24 heavy (non-hydrogen) atoms. The predicted molar refractivity (Wildman–Crippen MR) is 90.6 cm³/mol. The number of nitrogens with one attached hydrogen (secondary N) is 1. The van der Waals surface area contributed by atoms with Crippen LogP contribution in [0.2, 0.25) is 0 Å². The fraction of sp³-hybridized carbons (Fsp3) is 0.316. The molecular formula is C19H21NO4. The van der Waals surface area contributed by atoms with Crippen LogP contribution in [-0.2, 0) is 17.8 Å². The molecule has 2 aromatic carbocycles. The van der Waals surface area contributed by atoms with Gasteiger partial charge in [-0.1, -0.05) is 30.3 Å². The van der Waals surface area contributed by atoms with E-state index < -0.39 is 6.09 Å². The molecule has 2 aromatic rings. The standard InChI is InChI=1S/C19H21NO4/c1-22-17-9-14-8-15(16(14)10-18(17)23-2)11-20-19(21)24-12-13-6-4-3-5-7-13/h3-7,9-10,15H,8,11-12H2,1-2H3,(H,20,21)/t15-/m1/s1. The lowest BCUT2D eigenvalue weighted by Crippen LogP contribution is -2.33. The lowest BCUT2D eigenvalue weighted by atomic mass is 9.77. The average molecular weight is 327 g/mol. The number of carbonyl (C=O) groups is 1. The van der Waals surface area contributed by atoms with Gasteiger partial charge in [0.05, 0.1) is 14.2 Å². The molecule has 0 bridgehead atoms. The minimum absolute atomic E-state index is 0.277. The van der Waals surface area contributed by atoms with Crippen LogP contribution >= 0.6 is 0 Å². The summed E-state index contributed by atoms with van der Waals surface area (Å²) < 4.78 is 15.9. The van der Waals surface area contributed by atoms with E-state index in [9.17, 15) is 4.79 Å².